The fourth-order valence-corrected chi connectivity index (χ4v) is 2.14. The lowest BCUT2D eigenvalue weighted by Crippen LogP contribution is -2.02. The molecule has 0 rings (SSSR count). The predicted molar refractivity (Wildman–Crippen MR) is 84.8 cm³/mol. The maximum Gasteiger partial charge on any atom is 0.125 e. The minimum absolute atomic E-state index is 0.401. The zero-order chi connectivity index (χ0) is 17.6. The van der Waals surface area contributed by atoms with Crippen LogP contribution in [-0.4, -0.2) is 6.61 Å². The molecule has 0 radical (unpaired) electrons. The van der Waals surface area contributed by atoms with Gasteiger partial charge in [-0.25, -0.2) is 4.89 Å². The summed E-state index contributed by atoms with van der Waals surface area (Å²) in [6.07, 6.45) is 16.3. The van der Waals surface area contributed by atoms with Gasteiger partial charge in [0.2, 0.25) is 0 Å². The minimum Gasteiger partial charge on any atom is -0.315 e. The zero-order valence-electron chi connectivity index (χ0n) is 14.7. The summed E-state index contributed by atoms with van der Waals surface area (Å²) in [7, 11) is 0. The Morgan fingerprint density at radius 1 is 0.583 bits per heavy atom. The highest BCUT2D eigenvalue weighted by molar-refractivity contribution is 4.48. The molecule has 0 unspecified atom stereocenters. The lowest BCUT2D eigenvalue weighted by atomic mass is 10.1. The van der Waals surface area contributed by atoms with E-state index in [2.05, 4.69) is 53.5 Å². The van der Waals surface area contributed by atoms with Gasteiger partial charge < -0.3 is 4.89 Å². The van der Waals surface area contributed by atoms with Crippen LogP contribution in [0.1, 0.15) is 84.0 Å². The van der Waals surface area contributed by atoms with Crippen LogP contribution in [0, 0.1) is 0 Å². The molecule has 8 nitrogen and oxygen atoms in total. The third-order valence-electron chi connectivity index (χ3n) is 3.38. The van der Waals surface area contributed by atoms with Gasteiger partial charge in [-0.15, -0.1) is 0 Å². The van der Waals surface area contributed by atoms with Crippen molar-refractivity contribution >= 4 is 0 Å². The molecule has 0 bridgehead atoms. The van der Waals surface area contributed by atoms with E-state index < -0.39 is 0 Å². The van der Waals surface area contributed by atoms with Crippen molar-refractivity contribution in [3.05, 3.63) is 12.8 Å². The van der Waals surface area contributed by atoms with E-state index in [1.165, 1.54) is 64.2 Å². The zero-order valence-corrected chi connectivity index (χ0v) is 14.7. The van der Waals surface area contributed by atoms with Gasteiger partial charge >= 0.3 is 0 Å². The number of rotatable bonds is 21. The van der Waals surface area contributed by atoms with E-state index in [9.17, 15) is 0 Å². The topological polar surface area (TPSA) is 73.8 Å². The first-order valence-corrected chi connectivity index (χ1v) is 8.81. The van der Waals surface area contributed by atoms with Gasteiger partial charge in [0.15, 0.2) is 0 Å². The first-order valence-electron chi connectivity index (χ1n) is 8.81. The lowest BCUT2D eigenvalue weighted by Gasteiger charge is -2.03. The third kappa shape index (κ3) is 21.3. The van der Waals surface area contributed by atoms with Crippen molar-refractivity contribution in [2.24, 2.45) is 0 Å². The van der Waals surface area contributed by atoms with E-state index in [4.69, 9.17) is 0 Å². The summed E-state index contributed by atoms with van der Waals surface area (Å²) in [5.41, 5.74) is 0. The van der Waals surface area contributed by atoms with Crippen molar-refractivity contribution in [1.29, 1.82) is 0 Å². The van der Waals surface area contributed by atoms with Crippen molar-refractivity contribution in [3.8, 4) is 0 Å². The predicted octanol–water partition coefficient (Wildman–Crippen LogP) is 5.37. The van der Waals surface area contributed by atoms with Gasteiger partial charge in [-0.2, -0.15) is 0 Å². The Bertz CT molecular complexity index is 240. The SMILES string of the molecule is C=COOOOOOOOCCCCCCCCCCCCCC. The average Bonchev–Trinajstić information content (AvgIpc) is 2.60. The molecule has 0 saturated heterocycles. The second-order valence-electron chi connectivity index (χ2n) is 5.38. The van der Waals surface area contributed by atoms with Crippen LogP contribution in [0.4, 0.5) is 0 Å². The maximum absolute atomic E-state index is 4.68. The lowest BCUT2D eigenvalue weighted by molar-refractivity contribution is -0.811. The highest BCUT2D eigenvalue weighted by Crippen LogP contribution is 2.11. The van der Waals surface area contributed by atoms with Crippen LogP contribution in [0.2, 0.25) is 0 Å². The second kappa shape index (κ2) is 22.3. The van der Waals surface area contributed by atoms with Crippen LogP contribution in [0.15, 0.2) is 12.8 Å². The third-order valence-corrected chi connectivity index (χ3v) is 3.38. The van der Waals surface area contributed by atoms with Gasteiger partial charge in [-0.3, -0.25) is 0 Å². The van der Waals surface area contributed by atoms with Crippen molar-refractivity contribution in [1.82, 2.24) is 0 Å². The Morgan fingerprint density at radius 2 is 1.04 bits per heavy atom. The summed E-state index contributed by atoms with van der Waals surface area (Å²) >= 11 is 0. The Kier molecular flexibility index (Phi) is 21.6. The molecule has 8 heteroatoms. The van der Waals surface area contributed by atoms with Gasteiger partial charge in [0.1, 0.15) is 6.26 Å². The van der Waals surface area contributed by atoms with E-state index >= 15 is 0 Å². The molecular formula is C16H32O8. The van der Waals surface area contributed by atoms with Crippen molar-refractivity contribution in [3.63, 3.8) is 0 Å². The summed E-state index contributed by atoms with van der Waals surface area (Å²) in [5, 5.41) is 23.6. The van der Waals surface area contributed by atoms with Gasteiger partial charge in [0.05, 0.1) is 6.61 Å². The fourth-order valence-electron chi connectivity index (χ4n) is 2.14. The first-order chi connectivity index (χ1) is 11.9. The molecule has 144 valence electrons. The molecular weight excluding hydrogens is 320 g/mol. The molecule has 0 atom stereocenters. The van der Waals surface area contributed by atoms with Gasteiger partial charge in [-0.1, -0.05) is 84.1 Å². The van der Waals surface area contributed by atoms with E-state index in [1.807, 2.05) is 0 Å². The molecule has 0 aliphatic carbocycles. The molecule has 0 fully saturated rings. The highest BCUT2D eigenvalue weighted by atomic mass is 17.9. The molecule has 0 saturated carbocycles. The van der Waals surface area contributed by atoms with E-state index in [0.29, 0.717) is 6.61 Å². The largest absolute Gasteiger partial charge is 0.315 e. The molecule has 0 spiro atoms. The molecule has 0 aromatic carbocycles. The number of unbranched alkanes of at least 4 members (excludes halogenated alkanes) is 11. The molecule has 24 heavy (non-hydrogen) atoms. The normalized spacial score (nSPS) is 10.9. The Labute approximate surface area is 144 Å². The average molecular weight is 352 g/mol. The molecule has 0 N–H and O–H groups in total. The molecule has 0 heterocycles. The molecule has 0 aromatic rings. The van der Waals surface area contributed by atoms with E-state index in [1.54, 1.807) is 0 Å². The van der Waals surface area contributed by atoms with Crippen LogP contribution in [-0.2, 0) is 40.0 Å². The van der Waals surface area contributed by atoms with Crippen LogP contribution in [0.25, 0.3) is 0 Å². The summed E-state index contributed by atoms with van der Waals surface area (Å²) in [6.45, 7) is 5.83. The van der Waals surface area contributed by atoms with Crippen molar-refractivity contribution < 1.29 is 40.0 Å². The van der Waals surface area contributed by atoms with E-state index in [-0.39, 0.29) is 0 Å². The Balaban J connectivity index is 2.94. The second-order valence-corrected chi connectivity index (χ2v) is 5.38. The number of hydrogen-bond acceptors (Lipinski definition) is 8. The summed E-state index contributed by atoms with van der Waals surface area (Å²) in [6, 6.07) is 0. The van der Waals surface area contributed by atoms with Gasteiger partial charge in [0.25, 0.3) is 0 Å². The highest BCUT2D eigenvalue weighted by Gasteiger charge is 1.96. The first kappa shape index (κ1) is 23.3. The van der Waals surface area contributed by atoms with Crippen LogP contribution >= 0.6 is 0 Å². The number of hydrogen-bond donors (Lipinski definition) is 0. The van der Waals surface area contributed by atoms with Crippen molar-refractivity contribution in [2.75, 3.05) is 6.61 Å². The quantitative estimate of drug-likeness (QED) is 0.118. The van der Waals surface area contributed by atoms with Crippen LogP contribution < -0.4 is 0 Å². The monoisotopic (exact) mass is 352 g/mol. The molecule has 0 aromatic heterocycles. The smallest absolute Gasteiger partial charge is 0.125 e. The molecule has 0 aliphatic rings. The van der Waals surface area contributed by atoms with Gasteiger partial charge in [0, 0.05) is 15.1 Å². The molecule has 0 aliphatic heterocycles. The Hall–Kier alpha value is -0.740. The van der Waals surface area contributed by atoms with E-state index in [0.717, 1.165) is 19.1 Å². The summed E-state index contributed by atoms with van der Waals surface area (Å²) in [4.78, 5) is 8.76. The minimum atomic E-state index is 0.401. The van der Waals surface area contributed by atoms with Crippen LogP contribution in [0.5, 0.6) is 0 Å². The van der Waals surface area contributed by atoms with Gasteiger partial charge in [-0.05, 0) is 21.5 Å². The maximum atomic E-state index is 4.68. The molecule has 0 amide bonds. The Morgan fingerprint density at radius 3 is 1.58 bits per heavy atom. The van der Waals surface area contributed by atoms with Crippen molar-refractivity contribution in [2.45, 2.75) is 84.0 Å². The summed E-state index contributed by atoms with van der Waals surface area (Å²) < 4.78 is 0. The summed E-state index contributed by atoms with van der Waals surface area (Å²) in [5.74, 6) is 0. The fraction of sp³-hybridized carbons (Fsp3) is 0.875. The van der Waals surface area contributed by atoms with Crippen LogP contribution in [0.3, 0.4) is 0 Å². The standard InChI is InChI=1S/C16H32O8/c1-3-5-6-7-8-9-10-11-12-13-14-15-16-18-20-22-24-23-21-19-17-4-2/h4H,2-3,5-16H2,1H3.